The Kier molecular flexibility index (Phi) is 5.83. The highest BCUT2D eigenvalue weighted by Gasteiger charge is 2.07. The zero-order chi connectivity index (χ0) is 15.8. The first-order valence-corrected chi connectivity index (χ1v) is 7.44. The fraction of sp³-hybridized carbons (Fsp3) is 0.278. The number of ether oxygens (including phenoxy) is 2. The number of hydrogen-bond donors (Lipinski definition) is 1. The zero-order valence-electron chi connectivity index (χ0n) is 12.7. The minimum Gasteiger partial charge on any atom is -0.493 e. The summed E-state index contributed by atoms with van der Waals surface area (Å²) >= 11 is 0. The molecule has 4 heteroatoms. The van der Waals surface area contributed by atoms with Crippen molar-refractivity contribution in [3.05, 3.63) is 54.1 Å². The molecule has 0 saturated carbocycles. The van der Waals surface area contributed by atoms with E-state index >= 15 is 0 Å². The molecule has 0 spiro atoms. The van der Waals surface area contributed by atoms with E-state index in [4.69, 9.17) is 15.2 Å². The summed E-state index contributed by atoms with van der Waals surface area (Å²) < 4.78 is 11.2. The number of para-hydroxylation sites is 1. The van der Waals surface area contributed by atoms with Crippen molar-refractivity contribution in [2.45, 2.75) is 19.8 Å². The maximum atomic E-state index is 11.6. The molecule has 0 saturated heterocycles. The van der Waals surface area contributed by atoms with Crippen molar-refractivity contribution in [2.24, 2.45) is 0 Å². The van der Waals surface area contributed by atoms with Crippen molar-refractivity contribution >= 4 is 11.5 Å². The predicted molar refractivity (Wildman–Crippen MR) is 87.5 cm³/mol. The predicted octanol–water partition coefficient (Wildman–Crippen LogP) is 3.71. The molecule has 116 valence electrons. The average Bonchev–Trinajstić information content (AvgIpc) is 2.56. The molecule has 0 aliphatic carbocycles. The number of carbonyl (C=O) groups excluding carboxylic acids is 1. The number of benzene rings is 2. The van der Waals surface area contributed by atoms with E-state index in [2.05, 4.69) is 0 Å². The molecular formula is C18H21NO3. The van der Waals surface area contributed by atoms with Gasteiger partial charge in [-0.2, -0.15) is 0 Å². The first-order chi connectivity index (χ1) is 10.7. The Hall–Kier alpha value is -2.49. The van der Waals surface area contributed by atoms with E-state index in [1.54, 1.807) is 18.2 Å². The second kappa shape index (κ2) is 8.08. The lowest BCUT2D eigenvalue weighted by Crippen LogP contribution is -2.07. The molecule has 0 aliphatic heterocycles. The Morgan fingerprint density at radius 3 is 2.45 bits per heavy atom. The van der Waals surface area contributed by atoms with Gasteiger partial charge >= 0.3 is 0 Å². The normalized spacial score (nSPS) is 10.2. The van der Waals surface area contributed by atoms with E-state index in [1.165, 1.54) is 0 Å². The third-order valence-corrected chi connectivity index (χ3v) is 3.21. The monoisotopic (exact) mass is 299 g/mol. The van der Waals surface area contributed by atoms with Crippen LogP contribution in [-0.4, -0.2) is 19.0 Å². The van der Waals surface area contributed by atoms with Crippen molar-refractivity contribution in [3.63, 3.8) is 0 Å². The number of nitrogens with two attached hydrogens (primary N) is 1. The SMILES string of the molecule is CCC(=O)c1ccc(OCCCOc2ccccc2)c(N)c1. The zero-order valence-corrected chi connectivity index (χ0v) is 12.7. The van der Waals surface area contributed by atoms with Crippen LogP contribution in [0.4, 0.5) is 5.69 Å². The van der Waals surface area contributed by atoms with Crippen LogP contribution in [0.25, 0.3) is 0 Å². The topological polar surface area (TPSA) is 61.5 Å². The lowest BCUT2D eigenvalue weighted by atomic mass is 10.1. The van der Waals surface area contributed by atoms with Gasteiger partial charge in [-0.1, -0.05) is 25.1 Å². The van der Waals surface area contributed by atoms with Gasteiger partial charge in [-0.05, 0) is 30.3 Å². The quantitative estimate of drug-likeness (QED) is 0.458. The van der Waals surface area contributed by atoms with Crippen LogP contribution in [0, 0.1) is 0 Å². The molecular weight excluding hydrogens is 278 g/mol. The van der Waals surface area contributed by atoms with Crippen LogP contribution in [0.5, 0.6) is 11.5 Å². The number of Topliss-reactive ketones (excluding diaryl/α,β-unsaturated/α-hetero) is 1. The maximum Gasteiger partial charge on any atom is 0.162 e. The van der Waals surface area contributed by atoms with Gasteiger partial charge < -0.3 is 15.2 Å². The minimum atomic E-state index is 0.0783. The molecule has 0 aromatic heterocycles. The number of anilines is 1. The summed E-state index contributed by atoms with van der Waals surface area (Å²) in [6.07, 6.45) is 1.22. The third-order valence-electron chi connectivity index (χ3n) is 3.21. The molecule has 4 nitrogen and oxygen atoms in total. The number of hydrogen-bond acceptors (Lipinski definition) is 4. The van der Waals surface area contributed by atoms with Crippen molar-refractivity contribution in [3.8, 4) is 11.5 Å². The highest BCUT2D eigenvalue weighted by atomic mass is 16.5. The number of nitrogen functional groups attached to an aromatic ring is 1. The van der Waals surface area contributed by atoms with E-state index in [1.807, 2.05) is 37.3 Å². The molecule has 2 aromatic rings. The third kappa shape index (κ3) is 4.52. The van der Waals surface area contributed by atoms with Crippen molar-refractivity contribution in [1.82, 2.24) is 0 Å². The van der Waals surface area contributed by atoms with Gasteiger partial charge in [-0.25, -0.2) is 0 Å². The first-order valence-electron chi connectivity index (χ1n) is 7.44. The van der Waals surface area contributed by atoms with E-state index < -0.39 is 0 Å². The smallest absolute Gasteiger partial charge is 0.162 e. The molecule has 0 radical (unpaired) electrons. The Bertz CT molecular complexity index is 611. The summed E-state index contributed by atoms with van der Waals surface area (Å²) in [4.78, 5) is 11.6. The maximum absolute atomic E-state index is 11.6. The molecule has 0 heterocycles. The highest BCUT2D eigenvalue weighted by molar-refractivity contribution is 5.97. The molecule has 0 aliphatic rings. The van der Waals surface area contributed by atoms with E-state index in [0.717, 1.165) is 12.2 Å². The molecule has 2 N–H and O–H groups in total. The molecule has 0 unspecified atom stereocenters. The van der Waals surface area contributed by atoms with Gasteiger partial charge in [0.1, 0.15) is 11.5 Å². The van der Waals surface area contributed by atoms with Crippen LogP contribution >= 0.6 is 0 Å². The van der Waals surface area contributed by atoms with Gasteiger partial charge in [0, 0.05) is 18.4 Å². The molecule has 0 fully saturated rings. The van der Waals surface area contributed by atoms with Gasteiger partial charge in [0.05, 0.1) is 18.9 Å². The van der Waals surface area contributed by atoms with Crippen LogP contribution in [0.1, 0.15) is 30.1 Å². The largest absolute Gasteiger partial charge is 0.493 e. The van der Waals surface area contributed by atoms with Gasteiger partial charge in [0.2, 0.25) is 0 Å². The second-order valence-corrected chi connectivity index (χ2v) is 4.89. The Labute approximate surface area is 130 Å². The summed E-state index contributed by atoms with van der Waals surface area (Å²) in [6.45, 7) is 2.92. The van der Waals surface area contributed by atoms with Gasteiger partial charge in [0.25, 0.3) is 0 Å². The molecule has 2 rings (SSSR count). The van der Waals surface area contributed by atoms with Crippen LogP contribution in [0.3, 0.4) is 0 Å². The average molecular weight is 299 g/mol. The summed E-state index contributed by atoms with van der Waals surface area (Å²) in [7, 11) is 0. The van der Waals surface area contributed by atoms with Crippen LogP contribution in [0.15, 0.2) is 48.5 Å². The summed E-state index contributed by atoms with van der Waals surface area (Å²) in [5.74, 6) is 1.53. The molecule has 22 heavy (non-hydrogen) atoms. The molecule has 2 aromatic carbocycles. The van der Waals surface area contributed by atoms with E-state index in [9.17, 15) is 4.79 Å². The van der Waals surface area contributed by atoms with Crippen LogP contribution in [-0.2, 0) is 0 Å². The summed E-state index contributed by atoms with van der Waals surface area (Å²) in [5.41, 5.74) is 7.03. The van der Waals surface area contributed by atoms with Gasteiger partial charge in [-0.3, -0.25) is 4.79 Å². The summed E-state index contributed by atoms with van der Waals surface area (Å²) in [5, 5.41) is 0. The Morgan fingerprint density at radius 2 is 1.77 bits per heavy atom. The number of carbonyl (C=O) groups is 1. The Morgan fingerprint density at radius 1 is 1.05 bits per heavy atom. The Balaban J connectivity index is 1.76. The van der Waals surface area contributed by atoms with Crippen molar-refractivity contribution in [1.29, 1.82) is 0 Å². The lowest BCUT2D eigenvalue weighted by Gasteiger charge is -2.10. The molecule has 0 bridgehead atoms. The van der Waals surface area contributed by atoms with Crippen molar-refractivity contribution in [2.75, 3.05) is 18.9 Å². The van der Waals surface area contributed by atoms with Crippen LogP contribution in [0.2, 0.25) is 0 Å². The fourth-order valence-electron chi connectivity index (χ4n) is 2.01. The van der Waals surface area contributed by atoms with E-state index in [-0.39, 0.29) is 5.78 Å². The van der Waals surface area contributed by atoms with E-state index in [0.29, 0.717) is 36.6 Å². The molecule has 0 atom stereocenters. The minimum absolute atomic E-state index is 0.0783. The van der Waals surface area contributed by atoms with Crippen LogP contribution < -0.4 is 15.2 Å². The van der Waals surface area contributed by atoms with Gasteiger partial charge in [0.15, 0.2) is 5.78 Å². The standard InChI is InChI=1S/C18H21NO3/c1-2-17(20)14-9-10-18(16(19)13-14)22-12-6-11-21-15-7-4-3-5-8-15/h3-5,7-10,13H,2,6,11-12,19H2,1H3. The first kappa shape index (κ1) is 15.9. The highest BCUT2D eigenvalue weighted by Crippen LogP contribution is 2.23. The summed E-state index contributed by atoms with van der Waals surface area (Å²) in [6, 6.07) is 14.8. The second-order valence-electron chi connectivity index (χ2n) is 4.89. The van der Waals surface area contributed by atoms with Crippen molar-refractivity contribution < 1.29 is 14.3 Å². The molecule has 0 amide bonds. The number of rotatable bonds is 8. The number of ketones is 1. The van der Waals surface area contributed by atoms with Gasteiger partial charge in [-0.15, -0.1) is 0 Å². The fourth-order valence-corrected chi connectivity index (χ4v) is 2.01. The lowest BCUT2D eigenvalue weighted by molar-refractivity contribution is 0.0988.